The zero-order valence-corrected chi connectivity index (χ0v) is 7.46. The first-order valence-electron chi connectivity index (χ1n) is 5.08. The number of carbonyl (C=O) groups excluding carboxylic acids is 1. The molecule has 1 fully saturated rings. The fourth-order valence-corrected chi connectivity index (χ4v) is 2.53. The van der Waals surface area contributed by atoms with E-state index >= 15 is 0 Å². The van der Waals surface area contributed by atoms with E-state index in [-0.39, 0.29) is 0 Å². The SMILES string of the molecule is O=C1C=CCC1C1CCCCC1. The molecule has 2 aliphatic rings. The summed E-state index contributed by atoms with van der Waals surface area (Å²) < 4.78 is 0. The molecule has 0 bridgehead atoms. The molecule has 0 aromatic carbocycles. The van der Waals surface area contributed by atoms with Crippen molar-refractivity contribution >= 4 is 5.78 Å². The van der Waals surface area contributed by atoms with Gasteiger partial charge in [0.1, 0.15) is 0 Å². The lowest BCUT2D eigenvalue weighted by Crippen LogP contribution is -2.21. The monoisotopic (exact) mass is 164 g/mol. The van der Waals surface area contributed by atoms with Gasteiger partial charge in [0, 0.05) is 5.92 Å². The van der Waals surface area contributed by atoms with Crippen LogP contribution in [0.2, 0.25) is 0 Å². The van der Waals surface area contributed by atoms with Gasteiger partial charge in [0.05, 0.1) is 0 Å². The highest BCUT2D eigenvalue weighted by Gasteiger charge is 2.29. The number of hydrogen-bond acceptors (Lipinski definition) is 1. The van der Waals surface area contributed by atoms with Gasteiger partial charge >= 0.3 is 0 Å². The van der Waals surface area contributed by atoms with Gasteiger partial charge in [-0.15, -0.1) is 0 Å². The maximum absolute atomic E-state index is 11.4. The van der Waals surface area contributed by atoms with Crippen LogP contribution in [-0.4, -0.2) is 5.78 Å². The number of ketones is 1. The van der Waals surface area contributed by atoms with Gasteiger partial charge in [-0.2, -0.15) is 0 Å². The molecule has 0 amide bonds. The Kier molecular flexibility index (Phi) is 2.29. The molecular weight excluding hydrogens is 148 g/mol. The van der Waals surface area contributed by atoms with Crippen LogP contribution in [0.1, 0.15) is 38.5 Å². The van der Waals surface area contributed by atoms with E-state index in [0.29, 0.717) is 17.6 Å². The predicted octanol–water partition coefficient (Wildman–Crippen LogP) is 2.71. The fourth-order valence-electron chi connectivity index (χ4n) is 2.53. The summed E-state index contributed by atoms with van der Waals surface area (Å²) in [4.78, 5) is 11.4. The Bertz CT molecular complexity index is 199. The highest BCUT2D eigenvalue weighted by atomic mass is 16.1. The Morgan fingerprint density at radius 2 is 1.92 bits per heavy atom. The number of hydrogen-bond donors (Lipinski definition) is 0. The maximum atomic E-state index is 11.4. The number of allylic oxidation sites excluding steroid dienone is 2. The van der Waals surface area contributed by atoms with Gasteiger partial charge in [0.2, 0.25) is 0 Å². The average molecular weight is 164 g/mol. The van der Waals surface area contributed by atoms with E-state index in [1.54, 1.807) is 6.08 Å². The standard InChI is InChI=1S/C11H16O/c12-11-8-4-7-10(11)9-5-2-1-3-6-9/h4,8-10H,1-3,5-7H2. The molecule has 2 rings (SSSR count). The third kappa shape index (κ3) is 1.45. The maximum Gasteiger partial charge on any atom is 0.159 e. The molecule has 0 spiro atoms. The number of rotatable bonds is 1. The van der Waals surface area contributed by atoms with E-state index in [1.807, 2.05) is 6.08 Å². The van der Waals surface area contributed by atoms with Gasteiger partial charge in [0.15, 0.2) is 5.78 Å². The molecule has 1 atom stereocenters. The van der Waals surface area contributed by atoms with Crippen LogP contribution in [0.15, 0.2) is 12.2 Å². The highest BCUT2D eigenvalue weighted by Crippen LogP contribution is 2.34. The minimum atomic E-state index is 0.366. The molecule has 1 nitrogen and oxygen atoms in total. The van der Waals surface area contributed by atoms with E-state index in [4.69, 9.17) is 0 Å². The van der Waals surface area contributed by atoms with Crippen molar-refractivity contribution in [3.8, 4) is 0 Å². The minimum Gasteiger partial charge on any atom is -0.295 e. The van der Waals surface area contributed by atoms with Crippen molar-refractivity contribution in [2.45, 2.75) is 38.5 Å². The van der Waals surface area contributed by atoms with Crippen molar-refractivity contribution in [1.29, 1.82) is 0 Å². The molecule has 0 N–H and O–H groups in total. The largest absolute Gasteiger partial charge is 0.295 e. The summed E-state index contributed by atoms with van der Waals surface area (Å²) in [5, 5.41) is 0. The zero-order chi connectivity index (χ0) is 8.39. The van der Waals surface area contributed by atoms with E-state index < -0.39 is 0 Å². The van der Waals surface area contributed by atoms with Crippen LogP contribution in [0.4, 0.5) is 0 Å². The van der Waals surface area contributed by atoms with Crippen molar-refractivity contribution in [2.24, 2.45) is 11.8 Å². The molecule has 1 heteroatoms. The molecule has 0 aliphatic heterocycles. The lowest BCUT2D eigenvalue weighted by atomic mass is 9.78. The van der Waals surface area contributed by atoms with Crippen molar-refractivity contribution < 1.29 is 4.79 Å². The van der Waals surface area contributed by atoms with Gasteiger partial charge < -0.3 is 0 Å². The third-order valence-electron chi connectivity index (χ3n) is 3.26. The van der Waals surface area contributed by atoms with Crippen molar-refractivity contribution in [3.63, 3.8) is 0 Å². The van der Waals surface area contributed by atoms with E-state index in [0.717, 1.165) is 6.42 Å². The molecule has 0 aromatic rings. The lowest BCUT2D eigenvalue weighted by Gasteiger charge is -2.25. The summed E-state index contributed by atoms with van der Waals surface area (Å²) in [5.74, 6) is 1.47. The normalized spacial score (nSPS) is 31.3. The van der Waals surface area contributed by atoms with Crippen molar-refractivity contribution in [2.75, 3.05) is 0 Å². The second-order valence-corrected chi connectivity index (χ2v) is 4.05. The second-order valence-electron chi connectivity index (χ2n) is 4.05. The van der Waals surface area contributed by atoms with Crippen molar-refractivity contribution in [1.82, 2.24) is 0 Å². The first-order valence-corrected chi connectivity index (χ1v) is 5.08. The van der Waals surface area contributed by atoms with Gasteiger partial charge in [-0.25, -0.2) is 0 Å². The predicted molar refractivity (Wildman–Crippen MR) is 48.8 cm³/mol. The smallest absolute Gasteiger partial charge is 0.159 e. The Balaban J connectivity index is 1.95. The molecule has 0 radical (unpaired) electrons. The topological polar surface area (TPSA) is 17.1 Å². The quantitative estimate of drug-likeness (QED) is 0.582. The lowest BCUT2D eigenvalue weighted by molar-refractivity contribution is -0.119. The minimum absolute atomic E-state index is 0.366. The summed E-state index contributed by atoms with van der Waals surface area (Å²) in [7, 11) is 0. The van der Waals surface area contributed by atoms with Crippen LogP contribution in [0.25, 0.3) is 0 Å². The van der Waals surface area contributed by atoms with Gasteiger partial charge in [-0.05, 0) is 31.3 Å². The average Bonchev–Trinajstić information content (AvgIpc) is 2.53. The van der Waals surface area contributed by atoms with Crippen LogP contribution < -0.4 is 0 Å². The highest BCUT2D eigenvalue weighted by molar-refractivity contribution is 5.94. The summed E-state index contributed by atoms with van der Waals surface area (Å²) in [5.41, 5.74) is 0. The molecule has 1 saturated carbocycles. The molecule has 0 heterocycles. The Morgan fingerprint density at radius 1 is 1.17 bits per heavy atom. The Morgan fingerprint density at radius 3 is 2.50 bits per heavy atom. The first-order chi connectivity index (χ1) is 5.88. The van der Waals surface area contributed by atoms with Crippen LogP contribution in [-0.2, 0) is 4.79 Å². The van der Waals surface area contributed by atoms with E-state index in [2.05, 4.69) is 0 Å². The molecule has 1 unspecified atom stereocenters. The van der Waals surface area contributed by atoms with Crippen LogP contribution in [0.3, 0.4) is 0 Å². The number of carbonyl (C=O) groups is 1. The first kappa shape index (κ1) is 8.03. The van der Waals surface area contributed by atoms with Crippen LogP contribution in [0.5, 0.6) is 0 Å². The molecule has 0 saturated heterocycles. The van der Waals surface area contributed by atoms with Gasteiger partial charge in [-0.3, -0.25) is 4.79 Å². The second kappa shape index (κ2) is 3.42. The van der Waals surface area contributed by atoms with E-state index in [1.165, 1.54) is 32.1 Å². The summed E-state index contributed by atoms with van der Waals surface area (Å²) in [6, 6.07) is 0. The Hall–Kier alpha value is -0.590. The molecule has 2 aliphatic carbocycles. The zero-order valence-electron chi connectivity index (χ0n) is 7.46. The fraction of sp³-hybridized carbons (Fsp3) is 0.727. The van der Waals surface area contributed by atoms with Crippen LogP contribution >= 0.6 is 0 Å². The summed E-state index contributed by atoms with van der Waals surface area (Å²) in [6.07, 6.45) is 11.5. The molecular formula is C11H16O. The van der Waals surface area contributed by atoms with Crippen LogP contribution in [0, 0.1) is 11.8 Å². The molecule has 0 aromatic heterocycles. The third-order valence-corrected chi connectivity index (χ3v) is 3.26. The van der Waals surface area contributed by atoms with Gasteiger partial charge in [-0.1, -0.05) is 25.3 Å². The summed E-state index contributed by atoms with van der Waals surface area (Å²) >= 11 is 0. The van der Waals surface area contributed by atoms with E-state index in [9.17, 15) is 4.79 Å². The summed E-state index contributed by atoms with van der Waals surface area (Å²) in [6.45, 7) is 0. The van der Waals surface area contributed by atoms with Crippen molar-refractivity contribution in [3.05, 3.63) is 12.2 Å². The van der Waals surface area contributed by atoms with Gasteiger partial charge in [0.25, 0.3) is 0 Å². The molecule has 12 heavy (non-hydrogen) atoms. The molecule has 66 valence electrons. The Labute approximate surface area is 73.8 Å².